The number of alkyl halides is 4. The van der Waals surface area contributed by atoms with Crippen molar-refractivity contribution >= 4 is 0 Å². The highest BCUT2D eigenvalue weighted by Gasteiger charge is 2.35. The van der Waals surface area contributed by atoms with Crippen LogP contribution in [0.15, 0.2) is 0 Å². The molecule has 0 radical (unpaired) electrons. The summed E-state index contributed by atoms with van der Waals surface area (Å²) in [6.07, 6.45) is -1.59. The van der Waals surface area contributed by atoms with Gasteiger partial charge in [-0.15, -0.1) is 0 Å². The Bertz CT molecular complexity index is 427. The Morgan fingerprint density at radius 1 is 1.00 bits per heavy atom. The van der Waals surface area contributed by atoms with E-state index in [0.29, 0.717) is 25.3 Å². The zero-order chi connectivity index (χ0) is 18.6. The molecule has 1 aliphatic carbocycles. The first-order chi connectivity index (χ1) is 12.4. The van der Waals surface area contributed by atoms with Gasteiger partial charge in [0, 0.05) is 19.6 Å². The monoisotopic (exact) mass is 383 g/mol. The van der Waals surface area contributed by atoms with Gasteiger partial charge in [-0.25, -0.2) is 4.39 Å². The van der Waals surface area contributed by atoms with Crippen LogP contribution < -0.4 is 21.3 Å². The minimum Gasteiger partial charge on any atom is -0.340 e. The summed E-state index contributed by atoms with van der Waals surface area (Å²) >= 11 is 0. The third-order valence-corrected chi connectivity index (χ3v) is 5.26. The van der Waals surface area contributed by atoms with Gasteiger partial charge in [0.2, 0.25) is 0 Å². The number of hydrogen-bond acceptors (Lipinski definition) is 6. The molecule has 152 valence electrons. The number of rotatable bonds is 6. The molecule has 6 nitrogen and oxygen atoms in total. The van der Waals surface area contributed by atoms with Gasteiger partial charge in [-0.05, 0) is 44.4 Å². The first-order valence-corrected chi connectivity index (χ1v) is 9.47. The molecule has 2 saturated heterocycles. The van der Waals surface area contributed by atoms with Crippen molar-refractivity contribution in [1.82, 2.24) is 26.2 Å². The van der Waals surface area contributed by atoms with Crippen LogP contribution in [0.25, 0.3) is 0 Å². The molecule has 1 saturated carbocycles. The first kappa shape index (κ1) is 20.2. The molecule has 0 bridgehead atoms. The van der Waals surface area contributed by atoms with Crippen molar-refractivity contribution in [1.29, 1.82) is 0 Å². The van der Waals surface area contributed by atoms with E-state index in [4.69, 9.17) is 4.74 Å². The number of nitrogens with one attached hydrogen (secondary N) is 4. The second-order valence-electron chi connectivity index (χ2n) is 7.41. The highest BCUT2D eigenvalue weighted by molar-refractivity contribution is 4.83. The Labute approximate surface area is 151 Å². The van der Waals surface area contributed by atoms with Gasteiger partial charge in [0.05, 0.1) is 0 Å². The van der Waals surface area contributed by atoms with Crippen LogP contribution in [0.3, 0.4) is 0 Å². The van der Waals surface area contributed by atoms with E-state index in [2.05, 4.69) is 26.2 Å². The highest BCUT2D eigenvalue weighted by Crippen LogP contribution is 2.25. The summed E-state index contributed by atoms with van der Waals surface area (Å²) in [5, 5.41) is 12.6. The minimum atomic E-state index is -4.37. The topological polar surface area (TPSA) is 60.6 Å². The van der Waals surface area contributed by atoms with Crippen LogP contribution in [0.5, 0.6) is 0 Å². The number of ether oxygens (including phenoxy) is 1. The van der Waals surface area contributed by atoms with Crippen molar-refractivity contribution in [2.75, 3.05) is 26.2 Å². The molecule has 3 atom stereocenters. The molecule has 3 rings (SSSR count). The maximum absolute atomic E-state index is 13.2. The molecule has 3 aliphatic rings. The minimum absolute atomic E-state index is 0.254. The van der Waals surface area contributed by atoms with E-state index in [9.17, 15) is 17.6 Å². The van der Waals surface area contributed by atoms with Gasteiger partial charge in [-0.1, -0.05) is 0 Å². The molecule has 0 aromatic carbocycles. The molecular weight excluding hydrogens is 354 g/mol. The molecule has 0 aromatic heterocycles. The lowest BCUT2D eigenvalue weighted by atomic mass is 9.88. The Balaban J connectivity index is 1.51. The summed E-state index contributed by atoms with van der Waals surface area (Å²) in [4.78, 5) is 2.16. The van der Waals surface area contributed by atoms with Gasteiger partial charge in [-0.2, -0.15) is 13.2 Å². The second kappa shape index (κ2) is 9.11. The van der Waals surface area contributed by atoms with Crippen LogP contribution in [0.4, 0.5) is 17.6 Å². The molecule has 0 spiro atoms. The second-order valence-corrected chi connectivity index (χ2v) is 7.41. The molecule has 3 unspecified atom stereocenters. The van der Waals surface area contributed by atoms with Gasteiger partial charge in [0.15, 0.2) is 6.35 Å². The Kier molecular flexibility index (Phi) is 7.09. The average Bonchev–Trinajstić information content (AvgIpc) is 3.13. The molecule has 2 aliphatic heterocycles. The normalized spacial score (nSPS) is 37.2. The summed E-state index contributed by atoms with van der Waals surface area (Å²) in [7, 11) is 0. The zero-order valence-corrected chi connectivity index (χ0v) is 14.8. The predicted octanol–water partition coefficient (Wildman–Crippen LogP) is 1.41. The third kappa shape index (κ3) is 6.28. The lowest BCUT2D eigenvalue weighted by Gasteiger charge is -2.42. The fourth-order valence-corrected chi connectivity index (χ4v) is 3.81. The molecule has 10 heteroatoms. The fraction of sp³-hybridized carbons (Fsp3) is 1.00. The van der Waals surface area contributed by atoms with E-state index in [0.717, 1.165) is 38.8 Å². The van der Waals surface area contributed by atoms with Crippen LogP contribution in [-0.2, 0) is 4.74 Å². The highest BCUT2D eigenvalue weighted by atomic mass is 19.4. The van der Waals surface area contributed by atoms with Crippen LogP contribution >= 0.6 is 0 Å². The SMILES string of the molecule is FC1CCC(CNC2NC(OCC(F)(F)F)NC(N3CCCC3)N2)CC1. The van der Waals surface area contributed by atoms with E-state index in [1.165, 1.54) is 0 Å². The lowest BCUT2D eigenvalue weighted by Crippen LogP contribution is -2.75. The van der Waals surface area contributed by atoms with Crippen LogP contribution in [-0.4, -0.2) is 62.4 Å². The largest absolute Gasteiger partial charge is 0.411 e. The molecule has 0 amide bonds. The summed E-state index contributed by atoms with van der Waals surface area (Å²) in [5.41, 5.74) is 0. The predicted molar refractivity (Wildman–Crippen MR) is 88.4 cm³/mol. The van der Waals surface area contributed by atoms with Crippen LogP contribution in [0.2, 0.25) is 0 Å². The molecular formula is C16H29F4N5O. The van der Waals surface area contributed by atoms with Crippen molar-refractivity contribution in [3.05, 3.63) is 0 Å². The molecule has 0 aromatic rings. The van der Waals surface area contributed by atoms with Crippen molar-refractivity contribution in [3.63, 3.8) is 0 Å². The van der Waals surface area contributed by atoms with Gasteiger partial charge in [0.1, 0.15) is 25.4 Å². The summed E-state index contributed by atoms with van der Waals surface area (Å²) < 4.78 is 55.6. The molecule has 2 heterocycles. The standard InChI is InChI=1S/C16H29F4N5O/c17-12-5-3-11(4-6-12)9-21-13-22-14(25-7-1-2-8-25)24-15(23-13)26-10-16(18,19)20/h11-15,21-24H,1-10H2. The maximum Gasteiger partial charge on any atom is 0.411 e. The summed E-state index contributed by atoms with van der Waals surface area (Å²) in [6.45, 7) is 1.17. The number of halogens is 4. The average molecular weight is 383 g/mol. The smallest absolute Gasteiger partial charge is 0.340 e. The van der Waals surface area contributed by atoms with Gasteiger partial charge >= 0.3 is 6.18 Å². The van der Waals surface area contributed by atoms with Crippen molar-refractivity contribution in [2.24, 2.45) is 5.92 Å². The molecule has 4 N–H and O–H groups in total. The molecule has 3 fully saturated rings. The van der Waals surface area contributed by atoms with Crippen molar-refractivity contribution in [2.45, 2.75) is 69.8 Å². The quantitative estimate of drug-likeness (QED) is 0.521. The zero-order valence-electron chi connectivity index (χ0n) is 14.8. The van der Waals surface area contributed by atoms with E-state index >= 15 is 0 Å². The first-order valence-electron chi connectivity index (χ1n) is 9.47. The van der Waals surface area contributed by atoms with E-state index in [-0.39, 0.29) is 12.6 Å². The van der Waals surface area contributed by atoms with E-state index in [1.54, 1.807) is 0 Å². The third-order valence-electron chi connectivity index (χ3n) is 5.26. The van der Waals surface area contributed by atoms with Crippen LogP contribution in [0.1, 0.15) is 38.5 Å². The Morgan fingerprint density at radius 2 is 1.69 bits per heavy atom. The maximum atomic E-state index is 13.2. The Hall–Kier alpha value is -0.520. The summed E-state index contributed by atoms with van der Waals surface area (Å²) in [5.74, 6) is 0.389. The number of nitrogens with zero attached hydrogens (tertiary/aromatic N) is 1. The van der Waals surface area contributed by atoms with Crippen molar-refractivity contribution in [3.8, 4) is 0 Å². The lowest BCUT2D eigenvalue weighted by molar-refractivity contribution is -0.201. The number of likely N-dealkylation sites (tertiary alicyclic amines) is 1. The fourth-order valence-electron chi connectivity index (χ4n) is 3.81. The Morgan fingerprint density at radius 3 is 2.35 bits per heavy atom. The van der Waals surface area contributed by atoms with Gasteiger partial charge in [-0.3, -0.25) is 26.2 Å². The van der Waals surface area contributed by atoms with E-state index in [1.807, 2.05) is 0 Å². The van der Waals surface area contributed by atoms with Gasteiger partial charge < -0.3 is 4.74 Å². The van der Waals surface area contributed by atoms with Gasteiger partial charge in [0.25, 0.3) is 0 Å². The number of hydrogen-bond donors (Lipinski definition) is 4. The van der Waals surface area contributed by atoms with E-state index < -0.39 is 25.3 Å². The van der Waals surface area contributed by atoms with Crippen molar-refractivity contribution < 1.29 is 22.3 Å². The summed E-state index contributed by atoms with van der Waals surface area (Å²) in [6, 6.07) is 0. The van der Waals surface area contributed by atoms with Crippen LogP contribution in [0, 0.1) is 5.92 Å². The molecule has 26 heavy (non-hydrogen) atoms.